The van der Waals surface area contributed by atoms with E-state index >= 15 is 0 Å². The maximum atomic E-state index is 12.7. The Kier molecular flexibility index (Phi) is 5.25. The summed E-state index contributed by atoms with van der Waals surface area (Å²) in [6, 6.07) is 4.97. The molecule has 2 aliphatic rings. The third kappa shape index (κ3) is 3.52. The van der Waals surface area contributed by atoms with E-state index in [1.807, 2.05) is 0 Å². The summed E-state index contributed by atoms with van der Waals surface area (Å²) >= 11 is 0. The van der Waals surface area contributed by atoms with E-state index in [0.717, 1.165) is 0 Å². The first kappa shape index (κ1) is 20.0. The number of aromatic nitrogens is 1. The second-order valence-corrected chi connectivity index (χ2v) is 8.02. The molecular weight excluding hydrogens is 364 g/mol. The van der Waals surface area contributed by atoms with E-state index in [4.69, 9.17) is 9.47 Å². The van der Waals surface area contributed by atoms with Crippen LogP contribution in [-0.4, -0.2) is 51.8 Å². The fourth-order valence-corrected chi connectivity index (χ4v) is 3.45. The fourth-order valence-electron chi connectivity index (χ4n) is 3.45. The van der Waals surface area contributed by atoms with Crippen LogP contribution in [0.1, 0.15) is 39.8 Å². The standard InChI is InChI=1S/C20H24N2O6/c1-11(23)15-14-9-12(13-7-5-6-8-21-13)16(22(14)17(15)24)18(25)27-10-28-19(26)20(2,3)4/h5-8,11,14-15,23H,9-10H2,1-4H3/t11-,14-,15-/m1/s1. The van der Waals surface area contributed by atoms with Crippen molar-refractivity contribution in [2.75, 3.05) is 6.79 Å². The summed E-state index contributed by atoms with van der Waals surface area (Å²) in [5.41, 5.74) is 0.514. The van der Waals surface area contributed by atoms with Crippen LogP contribution in [0, 0.1) is 11.3 Å². The molecule has 1 N–H and O–H groups in total. The maximum Gasteiger partial charge on any atom is 0.358 e. The van der Waals surface area contributed by atoms with Gasteiger partial charge in [-0.15, -0.1) is 0 Å². The first-order valence-electron chi connectivity index (χ1n) is 9.13. The van der Waals surface area contributed by atoms with Crippen molar-refractivity contribution in [3.05, 3.63) is 35.8 Å². The van der Waals surface area contributed by atoms with Gasteiger partial charge in [-0.2, -0.15) is 0 Å². The average molecular weight is 388 g/mol. The van der Waals surface area contributed by atoms with E-state index in [9.17, 15) is 19.5 Å². The molecule has 1 aromatic heterocycles. The topological polar surface area (TPSA) is 106 Å². The highest BCUT2D eigenvalue weighted by Crippen LogP contribution is 2.46. The number of carbonyl (C=O) groups is 3. The van der Waals surface area contributed by atoms with Gasteiger partial charge in [-0.25, -0.2) is 4.79 Å². The molecule has 150 valence electrons. The van der Waals surface area contributed by atoms with Gasteiger partial charge in [0.05, 0.1) is 29.2 Å². The smallest absolute Gasteiger partial charge is 0.358 e. The van der Waals surface area contributed by atoms with Gasteiger partial charge in [0.1, 0.15) is 5.70 Å². The van der Waals surface area contributed by atoms with Crippen LogP contribution < -0.4 is 0 Å². The number of β-lactam (4-membered cyclic amide) rings is 1. The molecule has 1 amide bonds. The van der Waals surface area contributed by atoms with Crippen LogP contribution in [0.3, 0.4) is 0 Å². The van der Waals surface area contributed by atoms with Crippen LogP contribution in [0.15, 0.2) is 30.1 Å². The summed E-state index contributed by atoms with van der Waals surface area (Å²) in [7, 11) is 0. The number of nitrogens with zero attached hydrogens (tertiary/aromatic N) is 2. The number of ether oxygens (including phenoxy) is 2. The predicted octanol–water partition coefficient (Wildman–Crippen LogP) is 1.49. The number of pyridine rings is 1. The Hall–Kier alpha value is -2.74. The number of aliphatic hydroxyl groups is 1. The molecule has 0 saturated carbocycles. The number of aliphatic hydroxyl groups excluding tert-OH is 1. The van der Waals surface area contributed by atoms with Gasteiger partial charge in [-0.3, -0.25) is 14.6 Å². The zero-order valence-corrected chi connectivity index (χ0v) is 16.3. The Labute approximate surface area is 163 Å². The van der Waals surface area contributed by atoms with Crippen molar-refractivity contribution in [1.29, 1.82) is 0 Å². The Morgan fingerprint density at radius 1 is 1.32 bits per heavy atom. The highest BCUT2D eigenvalue weighted by Gasteiger charge is 2.57. The molecule has 0 aromatic carbocycles. The van der Waals surface area contributed by atoms with Crippen LogP contribution in [0.2, 0.25) is 0 Å². The molecule has 0 unspecified atom stereocenters. The highest BCUT2D eigenvalue weighted by molar-refractivity contribution is 6.06. The monoisotopic (exact) mass is 388 g/mol. The van der Waals surface area contributed by atoms with Gasteiger partial charge >= 0.3 is 11.9 Å². The lowest BCUT2D eigenvalue weighted by Gasteiger charge is -2.44. The van der Waals surface area contributed by atoms with Gasteiger partial charge in [0.2, 0.25) is 12.7 Å². The van der Waals surface area contributed by atoms with Crippen LogP contribution in [0.4, 0.5) is 0 Å². The lowest BCUT2D eigenvalue weighted by Crippen LogP contribution is -2.61. The lowest BCUT2D eigenvalue weighted by molar-refractivity contribution is -0.175. The van der Waals surface area contributed by atoms with Crippen molar-refractivity contribution in [3.8, 4) is 0 Å². The van der Waals surface area contributed by atoms with Gasteiger partial charge in [0.25, 0.3) is 0 Å². The average Bonchev–Trinajstić information content (AvgIpc) is 2.96. The summed E-state index contributed by atoms with van der Waals surface area (Å²) in [6.07, 6.45) is 1.17. The quantitative estimate of drug-likeness (QED) is 0.463. The van der Waals surface area contributed by atoms with Gasteiger partial charge < -0.3 is 19.5 Å². The van der Waals surface area contributed by atoms with E-state index in [-0.39, 0.29) is 17.6 Å². The fraction of sp³-hybridized carbons (Fsp3) is 0.500. The number of hydrogen-bond acceptors (Lipinski definition) is 7. The summed E-state index contributed by atoms with van der Waals surface area (Å²) in [6.45, 7) is 6.09. The van der Waals surface area contributed by atoms with Crippen molar-refractivity contribution in [2.24, 2.45) is 11.3 Å². The maximum absolute atomic E-state index is 12.7. The molecule has 0 radical (unpaired) electrons. The minimum Gasteiger partial charge on any atom is -0.427 e. The molecule has 1 fully saturated rings. The molecule has 0 spiro atoms. The number of carbonyl (C=O) groups excluding carboxylic acids is 3. The Balaban J connectivity index is 1.81. The minimum absolute atomic E-state index is 0.0948. The van der Waals surface area contributed by atoms with Crippen LogP contribution in [-0.2, 0) is 23.9 Å². The number of rotatable bonds is 5. The molecule has 8 nitrogen and oxygen atoms in total. The van der Waals surface area contributed by atoms with Crippen molar-refractivity contribution < 1.29 is 29.0 Å². The molecule has 3 rings (SSSR count). The first-order chi connectivity index (χ1) is 13.1. The van der Waals surface area contributed by atoms with Crippen molar-refractivity contribution in [3.63, 3.8) is 0 Å². The molecule has 8 heteroatoms. The van der Waals surface area contributed by atoms with Crippen LogP contribution in [0.5, 0.6) is 0 Å². The van der Waals surface area contributed by atoms with Crippen molar-refractivity contribution >= 4 is 23.4 Å². The van der Waals surface area contributed by atoms with Gasteiger partial charge in [0.15, 0.2) is 0 Å². The van der Waals surface area contributed by atoms with Crippen molar-refractivity contribution in [2.45, 2.75) is 46.3 Å². The Bertz CT molecular complexity index is 825. The third-order valence-electron chi connectivity index (χ3n) is 4.89. The Morgan fingerprint density at radius 3 is 2.61 bits per heavy atom. The summed E-state index contributed by atoms with van der Waals surface area (Å²) in [4.78, 5) is 42.7. The molecule has 0 aliphatic carbocycles. The Morgan fingerprint density at radius 2 is 2.04 bits per heavy atom. The molecule has 28 heavy (non-hydrogen) atoms. The molecule has 1 saturated heterocycles. The summed E-state index contributed by atoms with van der Waals surface area (Å²) in [5.74, 6) is -2.16. The summed E-state index contributed by atoms with van der Waals surface area (Å²) in [5, 5.41) is 9.89. The number of esters is 2. The normalized spacial score (nSPS) is 22.5. The zero-order valence-electron chi connectivity index (χ0n) is 16.3. The highest BCUT2D eigenvalue weighted by atomic mass is 16.7. The zero-order chi connectivity index (χ0) is 20.6. The van der Waals surface area contributed by atoms with E-state index in [1.165, 1.54) is 4.90 Å². The molecule has 1 aromatic rings. The van der Waals surface area contributed by atoms with Gasteiger partial charge in [-0.1, -0.05) is 6.07 Å². The summed E-state index contributed by atoms with van der Waals surface area (Å²) < 4.78 is 10.1. The molecular formula is C20H24N2O6. The second-order valence-electron chi connectivity index (χ2n) is 8.02. The lowest BCUT2D eigenvalue weighted by atomic mass is 9.83. The number of hydrogen-bond donors (Lipinski definition) is 1. The molecule has 0 bridgehead atoms. The van der Waals surface area contributed by atoms with E-state index in [1.54, 1.807) is 52.1 Å². The van der Waals surface area contributed by atoms with E-state index in [2.05, 4.69) is 4.98 Å². The second kappa shape index (κ2) is 7.35. The van der Waals surface area contributed by atoms with Crippen molar-refractivity contribution in [1.82, 2.24) is 9.88 Å². The third-order valence-corrected chi connectivity index (χ3v) is 4.89. The van der Waals surface area contributed by atoms with E-state index in [0.29, 0.717) is 17.7 Å². The SMILES string of the molecule is C[C@@H](O)[C@H]1C(=O)N2C(C(=O)OCOC(=O)C(C)(C)C)=C(c3ccccn3)C[C@H]12. The number of fused-ring (bicyclic) bond motifs is 1. The number of amides is 1. The first-order valence-corrected chi connectivity index (χ1v) is 9.13. The predicted molar refractivity (Wildman–Crippen MR) is 98.1 cm³/mol. The molecule has 3 atom stereocenters. The minimum atomic E-state index is -0.818. The molecule has 2 aliphatic heterocycles. The van der Waals surface area contributed by atoms with Gasteiger partial charge in [0, 0.05) is 11.8 Å². The largest absolute Gasteiger partial charge is 0.427 e. The van der Waals surface area contributed by atoms with Gasteiger partial charge in [-0.05, 0) is 46.2 Å². The van der Waals surface area contributed by atoms with Crippen LogP contribution in [0.25, 0.3) is 5.57 Å². The van der Waals surface area contributed by atoms with Crippen LogP contribution >= 0.6 is 0 Å². The van der Waals surface area contributed by atoms with E-state index < -0.39 is 36.2 Å². The molecule has 3 heterocycles.